The first-order valence-corrected chi connectivity index (χ1v) is 12.3. The van der Waals surface area contributed by atoms with E-state index in [1.165, 1.54) is 18.5 Å². The number of anilines is 1. The first kappa shape index (κ1) is 25.1. The van der Waals surface area contributed by atoms with Crippen molar-refractivity contribution < 1.29 is 23.5 Å². The van der Waals surface area contributed by atoms with Crippen molar-refractivity contribution in [3.63, 3.8) is 0 Å². The number of carbonyl (C=O) groups is 2. The highest BCUT2D eigenvalue weighted by Crippen LogP contribution is 2.18. The number of amides is 2. The molecule has 0 saturated heterocycles. The zero-order chi connectivity index (χ0) is 25.2. The van der Waals surface area contributed by atoms with Gasteiger partial charge in [-0.2, -0.15) is 5.10 Å². The molecular formula is C24H20BrN5O5S. The van der Waals surface area contributed by atoms with Gasteiger partial charge >= 0.3 is 0 Å². The predicted octanol–water partition coefficient (Wildman–Crippen LogP) is 4.30. The minimum Gasteiger partial charge on any atom is -0.490 e. The molecular weight excluding hydrogens is 550 g/mol. The number of hydrogen-bond acceptors (Lipinski definition) is 9. The molecule has 10 nitrogen and oxygen atoms in total. The van der Waals surface area contributed by atoms with Crippen LogP contribution in [0.2, 0.25) is 0 Å². The fourth-order valence-corrected chi connectivity index (χ4v) is 3.80. The lowest BCUT2D eigenvalue weighted by Crippen LogP contribution is -2.19. The van der Waals surface area contributed by atoms with E-state index in [9.17, 15) is 9.59 Å². The van der Waals surface area contributed by atoms with Gasteiger partial charge in [-0.1, -0.05) is 27.3 Å². The van der Waals surface area contributed by atoms with Gasteiger partial charge in [-0.3, -0.25) is 14.9 Å². The summed E-state index contributed by atoms with van der Waals surface area (Å²) in [5.74, 6) is 0.823. The second kappa shape index (κ2) is 12.6. The van der Waals surface area contributed by atoms with E-state index in [1.54, 1.807) is 6.07 Å². The number of nitrogens with zero attached hydrogens (tertiary/aromatic N) is 3. The lowest BCUT2D eigenvalue weighted by atomic mass is 10.2. The van der Waals surface area contributed by atoms with Gasteiger partial charge in [-0.25, -0.2) is 5.43 Å². The van der Waals surface area contributed by atoms with Crippen LogP contribution in [-0.2, 0) is 11.2 Å². The van der Waals surface area contributed by atoms with E-state index < -0.39 is 5.91 Å². The molecule has 0 radical (unpaired) electrons. The Balaban J connectivity index is 1.15. The molecule has 0 atom stereocenters. The molecule has 0 fully saturated rings. The molecule has 184 valence electrons. The van der Waals surface area contributed by atoms with Gasteiger partial charge in [0.25, 0.3) is 5.91 Å². The first-order chi connectivity index (χ1) is 17.5. The molecule has 2 aromatic carbocycles. The van der Waals surface area contributed by atoms with E-state index in [1.807, 2.05) is 48.5 Å². The lowest BCUT2D eigenvalue weighted by molar-refractivity contribution is -0.120. The number of hydrogen-bond donors (Lipinski definition) is 2. The second-order valence-corrected chi connectivity index (χ2v) is 9.10. The predicted molar refractivity (Wildman–Crippen MR) is 138 cm³/mol. The maximum absolute atomic E-state index is 12.1. The molecule has 0 aliphatic heterocycles. The summed E-state index contributed by atoms with van der Waals surface area (Å²) < 4.78 is 17.3. The van der Waals surface area contributed by atoms with E-state index in [-0.39, 0.29) is 23.2 Å². The Morgan fingerprint density at radius 2 is 1.69 bits per heavy atom. The number of hydrazone groups is 1. The molecule has 0 unspecified atom stereocenters. The largest absolute Gasteiger partial charge is 0.490 e. The maximum Gasteiger partial charge on any atom is 0.293 e. The summed E-state index contributed by atoms with van der Waals surface area (Å²) in [6.45, 7) is 0.822. The third-order valence-corrected chi connectivity index (χ3v) is 5.83. The van der Waals surface area contributed by atoms with Crippen molar-refractivity contribution in [2.75, 3.05) is 18.5 Å². The van der Waals surface area contributed by atoms with Gasteiger partial charge in [0, 0.05) is 4.47 Å². The standard InChI is InChI=1S/C24H20BrN5O5S/c25-17-5-9-19(10-6-17)34-13-12-33-18-7-3-16(4-8-18)15-26-28-21(31)14-22-29-30-24(36-22)27-23(32)20-2-1-11-35-20/h1-11,15H,12-14H2,(H,28,31)(H,27,30,32)/b26-15-. The number of nitrogens with one attached hydrogen (secondary N) is 2. The Bertz CT molecular complexity index is 1310. The van der Waals surface area contributed by atoms with E-state index in [2.05, 4.69) is 42.0 Å². The summed E-state index contributed by atoms with van der Waals surface area (Å²) in [6.07, 6.45) is 2.89. The van der Waals surface area contributed by atoms with Crippen molar-refractivity contribution in [2.24, 2.45) is 5.10 Å². The number of rotatable bonds is 11. The number of benzene rings is 2. The highest BCUT2D eigenvalue weighted by molar-refractivity contribution is 9.10. The third kappa shape index (κ3) is 7.75. The van der Waals surface area contributed by atoms with Crippen LogP contribution < -0.4 is 20.2 Å². The van der Waals surface area contributed by atoms with E-state index in [0.29, 0.717) is 24.0 Å². The van der Waals surface area contributed by atoms with Crippen LogP contribution in [0.3, 0.4) is 0 Å². The molecule has 0 spiro atoms. The zero-order valence-electron chi connectivity index (χ0n) is 18.7. The summed E-state index contributed by atoms with van der Waals surface area (Å²) in [5.41, 5.74) is 3.23. The van der Waals surface area contributed by atoms with Crippen LogP contribution in [0.15, 0.2) is 80.9 Å². The summed E-state index contributed by atoms with van der Waals surface area (Å²) in [5, 5.41) is 15.0. The van der Waals surface area contributed by atoms with Crippen LogP contribution in [0, 0.1) is 0 Å². The van der Waals surface area contributed by atoms with Gasteiger partial charge in [0.15, 0.2) is 5.76 Å². The molecule has 0 aliphatic rings. The van der Waals surface area contributed by atoms with Gasteiger partial charge in [-0.15, -0.1) is 10.2 Å². The molecule has 2 aromatic heterocycles. The van der Waals surface area contributed by atoms with Crippen molar-refractivity contribution >= 4 is 50.4 Å². The Hall–Kier alpha value is -4.03. The molecule has 36 heavy (non-hydrogen) atoms. The highest BCUT2D eigenvalue weighted by Gasteiger charge is 2.13. The van der Waals surface area contributed by atoms with Crippen LogP contribution >= 0.6 is 27.3 Å². The smallest absolute Gasteiger partial charge is 0.293 e. The number of halogens is 1. The third-order valence-electron chi connectivity index (χ3n) is 4.46. The molecule has 0 bridgehead atoms. The average molecular weight is 570 g/mol. The van der Waals surface area contributed by atoms with Crippen molar-refractivity contribution in [1.29, 1.82) is 0 Å². The van der Waals surface area contributed by atoms with Crippen LogP contribution in [-0.4, -0.2) is 41.4 Å². The maximum atomic E-state index is 12.1. The molecule has 0 aliphatic carbocycles. The van der Waals surface area contributed by atoms with Gasteiger partial charge in [-0.05, 0) is 66.2 Å². The number of carbonyl (C=O) groups excluding carboxylic acids is 2. The summed E-state index contributed by atoms with van der Waals surface area (Å²) in [7, 11) is 0. The van der Waals surface area contributed by atoms with Gasteiger partial charge in [0.2, 0.25) is 11.0 Å². The number of aromatic nitrogens is 2. The number of furan rings is 1. The molecule has 4 aromatic rings. The highest BCUT2D eigenvalue weighted by atomic mass is 79.9. The SMILES string of the molecule is O=C(Cc1nnc(NC(=O)c2ccco2)s1)N/N=C\c1ccc(OCCOc2ccc(Br)cc2)cc1. The van der Waals surface area contributed by atoms with Gasteiger partial charge in [0.1, 0.15) is 29.7 Å². The van der Waals surface area contributed by atoms with Crippen molar-refractivity contribution in [2.45, 2.75) is 6.42 Å². The Kier molecular flexibility index (Phi) is 8.78. The monoisotopic (exact) mass is 569 g/mol. The van der Waals surface area contributed by atoms with Crippen molar-refractivity contribution in [1.82, 2.24) is 15.6 Å². The van der Waals surface area contributed by atoms with E-state index in [0.717, 1.165) is 27.1 Å². The first-order valence-electron chi connectivity index (χ1n) is 10.7. The number of ether oxygens (including phenoxy) is 2. The Morgan fingerprint density at radius 1 is 1.00 bits per heavy atom. The molecule has 2 N–H and O–H groups in total. The van der Waals surface area contributed by atoms with Crippen LogP contribution in [0.4, 0.5) is 5.13 Å². The van der Waals surface area contributed by atoms with Crippen LogP contribution in [0.5, 0.6) is 11.5 Å². The van der Waals surface area contributed by atoms with Crippen LogP contribution in [0.25, 0.3) is 0 Å². The van der Waals surface area contributed by atoms with Crippen molar-refractivity contribution in [3.05, 3.63) is 87.7 Å². The lowest BCUT2D eigenvalue weighted by Gasteiger charge is -2.08. The topological polar surface area (TPSA) is 128 Å². The fourth-order valence-electron chi connectivity index (χ4n) is 2.80. The van der Waals surface area contributed by atoms with E-state index >= 15 is 0 Å². The molecule has 0 saturated carbocycles. The molecule has 12 heteroatoms. The normalized spacial score (nSPS) is 10.8. The molecule has 2 heterocycles. The van der Waals surface area contributed by atoms with Crippen LogP contribution in [0.1, 0.15) is 21.1 Å². The van der Waals surface area contributed by atoms with E-state index in [4.69, 9.17) is 13.9 Å². The van der Waals surface area contributed by atoms with Crippen molar-refractivity contribution in [3.8, 4) is 11.5 Å². The summed E-state index contributed by atoms with van der Waals surface area (Å²) in [4.78, 5) is 24.1. The quantitative estimate of drug-likeness (QED) is 0.156. The van der Waals surface area contributed by atoms with Gasteiger partial charge < -0.3 is 13.9 Å². The summed E-state index contributed by atoms with van der Waals surface area (Å²) >= 11 is 4.48. The molecule has 4 rings (SSSR count). The Labute approximate surface area is 218 Å². The Morgan fingerprint density at radius 3 is 2.36 bits per heavy atom. The zero-order valence-corrected chi connectivity index (χ0v) is 21.1. The van der Waals surface area contributed by atoms with Gasteiger partial charge in [0.05, 0.1) is 18.9 Å². The minimum absolute atomic E-state index is 0.0271. The molecule has 2 amide bonds. The average Bonchev–Trinajstić information content (AvgIpc) is 3.57. The fraction of sp³-hybridized carbons (Fsp3) is 0.125. The second-order valence-electron chi connectivity index (χ2n) is 7.12. The minimum atomic E-state index is -0.442. The summed E-state index contributed by atoms with van der Waals surface area (Å²) in [6, 6.07) is 18.0.